The molecule has 2 aromatic rings. The number of aryl methyl sites for hydroxylation is 1. The number of aliphatic hydroxyl groups is 2. The molecule has 0 saturated carbocycles. The van der Waals surface area contributed by atoms with Gasteiger partial charge in [0.2, 0.25) is 0 Å². The maximum Gasteiger partial charge on any atom is 0.340 e. The Balaban J connectivity index is 2.12. The molecular weight excluding hydrogens is 371 g/mol. The molecule has 150 valence electrons. The van der Waals surface area contributed by atoms with E-state index in [9.17, 15) is 29.0 Å². The highest BCUT2D eigenvalue weighted by Crippen LogP contribution is 2.27. The number of carbonyl (C=O) groups excluding carboxylic acids is 1. The molecule has 1 fully saturated rings. The molecule has 1 aromatic heterocycles. The number of ether oxygens (including phenoxy) is 1. The highest BCUT2D eigenvalue weighted by Gasteiger charge is 2.36. The van der Waals surface area contributed by atoms with Gasteiger partial charge in [0.25, 0.3) is 11.5 Å². The fourth-order valence-corrected chi connectivity index (χ4v) is 3.20. The van der Waals surface area contributed by atoms with Gasteiger partial charge in [0.05, 0.1) is 19.4 Å². The summed E-state index contributed by atoms with van der Waals surface area (Å²) in [4.78, 5) is 38.5. The zero-order valence-corrected chi connectivity index (χ0v) is 15.0. The predicted molar refractivity (Wildman–Crippen MR) is 97.0 cm³/mol. The van der Waals surface area contributed by atoms with E-state index in [1.165, 1.54) is 18.3 Å². The van der Waals surface area contributed by atoms with E-state index in [0.29, 0.717) is 4.57 Å². The Morgan fingerprint density at radius 2 is 1.96 bits per heavy atom. The molecule has 1 saturated heterocycles. The Morgan fingerprint density at radius 1 is 1.25 bits per heavy atom. The predicted octanol–water partition coefficient (Wildman–Crippen LogP) is 0.241. The lowest BCUT2D eigenvalue weighted by Gasteiger charge is -2.17. The Morgan fingerprint density at radius 3 is 2.57 bits per heavy atom. The maximum atomic E-state index is 12.9. The second-order valence-electron chi connectivity index (χ2n) is 6.56. The average Bonchev–Trinajstić information content (AvgIpc) is 3.08. The van der Waals surface area contributed by atoms with Crippen molar-refractivity contribution in [3.8, 4) is 0 Å². The summed E-state index contributed by atoms with van der Waals surface area (Å²) in [6, 6.07) is 7.85. The van der Waals surface area contributed by atoms with Gasteiger partial charge in [-0.05, 0) is 25.0 Å². The molecule has 28 heavy (non-hydrogen) atoms. The molecule has 0 spiro atoms. The van der Waals surface area contributed by atoms with Crippen molar-refractivity contribution in [1.29, 1.82) is 0 Å². The van der Waals surface area contributed by atoms with Crippen molar-refractivity contribution < 1.29 is 24.1 Å². The fraction of sp³-hybridized carbons (Fsp3) is 0.421. The van der Waals surface area contributed by atoms with Crippen LogP contribution in [-0.4, -0.2) is 50.7 Å². The minimum atomic E-state index is -0.999. The van der Waals surface area contributed by atoms with Crippen molar-refractivity contribution in [2.45, 2.75) is 37.7 Å². The summed E-state index contributed by atoms with van der Waals surface area (Å²) in [5, 5.41) is 19.2. The van der Waals surface area contributed by atoms with Crippen molar-refractivity contribution in [2.24, 2.45) is 0 Å². The van der Waals surface area contributed by atoms with Crippen LogP contribution >= 0.6 is 0 Å². The summed E-state index contributed by atoms with van der Waals surface area (Å²) in [6.07, 6.45) is -1.49. The smallest absolute Gasteiger partial charge is 0.340 e. The number of halogens is 1. The zero-order chi connectivity index (χ0) is 20.3. The van der Waals surface area contributed by atoms with Crippen LogP contribution in [-0.2, 0) is 11.2 Å². The zero-order valence-electron chi connectivity index (χ0n) is 15.0. The van der Waals surface area contributed by atoms with Crippen LogP contribution in [0.15, 0.2) is 46.1 Å². The first-order valence-corrected chi connectivity index (χ1v) is 8.95. The number of aromatic nitrogens is 2. The van der Waals surface area contributed by atoms with Crippen LogP contribution in [0.3, 0.4) is 0 Å². The molecule has 8 nitrogen and oxygen atoms in total. The van der Waals surface area contributed by atoms with Gasteiger partial charge in [-0.3, -0.25) is 18.5 Å². The van der Waals surface area contributed by atoms with Crippen LogP contribution < -0.4 is 11.2 Å². The van der Waals surface area contributed by atoms with E-state index in [2.05, 4.69) is 0 Å². The van der Waals surface area contributed by atoms with E-state index in [-0.39, 0.29) is 30.4 Å². The van der Waals surface area contributed by atoms with Crippen molar-refractivity contribution in [3.63, 3.8) is 0 Å². The number of rotatable bonds is 6. The summed E-state index contributed by atoms with van der Waals surface area (Å²) in [6.45, 7) is -1.10. The number of nitrogens with zero attached hydrogens (tertiary/aromatic N) is 2. The average molecular weight is 392 g/mol. The van der Waals surface area contributed by atoms with Crippen molar-refractivity contribution in [3.05, 3.63) is 68.5 Å². The molecule has 3 rings (SSSR count). The highest BCUT2D eigenvalue weighted by atomic mass is 19.1. The Hall–Kier alpha value is -2.62. The lowest BCUT2D eigenvalue weighted by molar-refractivity contribution is -0.0462. The number of hydrogen-bond acceptors (Lipinski definition) is 6. The first-order valence-electron chi connectivity index (χ1n) is 8.95. The van der Waals surface area contributed by atoms with E-state index < -0.39 is 48.9 Å². The van der Waals surface area contributed by atoms with Gasteiger partial charge in [-0.1, -0.05) is 18.2 Å². The van der Waals surface area contributed by atoms with Gasteiger partial charge >= 0.3 is 5.69 Å². The first-order chi connectivity index (χ1) is 13.5. The van der Waals surface area contributed by atoms with Gasteiger partial charge in [0.15, 0.2) is 0 Å². The lowest BCUT2D eigenvalue weighted by Crippen LogP contribution is -2.46. The molecule has 0 unspecified atom stereocenters. The quantitative estimate of drug-likeness (QED) is 0.729. The Labute approximate surface area is 159 Å². The normalized spacial score (nSPS) is 21.8. The van der Waals surface area contributed by atoms with Gasteiger partial charge in [0.1, 0.15) is 12.3 Å². The SMILES string of the molecule is O=C(c1ccccc1)n1c(=O)c(CCCF)cn([C@H]2C[C@H](O)[C@@H](CO)O2)c1=O. The molecule has 9 heteroatoms. The summed E-state index contributed by atoms with van der Waals surface area (Å²) >= 11 is 0. The minimum Gasteiger partial charge on any atom is -0.394 e. The summed E-state index contributed by atoms with van der Waals surface area (Å²) in [5.41, 5.74) is -1.48. The number of hydrogen-bond donors (Lipinski definition) is 2. The molecule has 0 aliphatic carbocycles. The summed E-state index contributed by atoms with van der Waals surface area (Å²) in [5.74, 6) is -0.802. The second-order valence-corrected chi connectivity index (χ2v) is 6.56. The highest BCUT2D eigenvalue weighted by molar-refractivity contribution is 5.95. The van der Waals surface area contributed by atoms with E-state index in [1.807, 2.05) is 0 Å². The Kier molecular flexibility index (Phi) is 6.18. The second kappa shape index (κ2) is 8.59. The Bertz CT molecular complexity index is 955. The third-order valence-electron chi connectivity index (χ3n) is 4.68. The van der Waals surface area contributed by atoms with Gasteiger partial charge in [-0.15, -0.1) is 0 Å². The molecule has 1 aromatic carbocycles. The van der Waals surface area contributed by atoms with Crippen LogP contribution in [0.4, 0.5) is 4.39 Å². The third-order valence-corrected chi connectivity index (χ3v) is 4.68. The van der Waals surface area contributed by atoms with E-state index in [0.717, 1.165) is 4.57 Å². The van der Waals surface area contributed by atoms with Crippen molar-refractivity contribution >= 4 is 5.91 Å². The molecule has 0 amide bonds. The van der Waals surface area contributed by atoms with Crippen LogP contribution in [0.1, 0.15) is 35.0 Å². The monoisotopic (exact) mass is 392 g/mol. The number of carbonyl (C=O) groups is 1. The molecule has 1 aliphatic heterocycles. The van der Waals surface area contributed by atoms with Crippen LogP contribution in [0.25, 0.3) is 0 Å². The molecule has 2 N–H and O–H groups in total. The molecule has 2 heterocycles. The number of aliphatic hydroxyl groups excluding tert-OH is 2. The number of alkyl halides is 1. The molecule has 1 aliphatic rings. The third kappa shape index (κ3) is 3.82. The molecule has 0 radical (unpaired) electrons. The fourth-order valence-electron chi connectivity index (χ4n) is 3.20. The standard InChI is InChI=1S/C19H21FN2O6/c20-8-4-7-13-10-21(16-9-14(24)15(11-23)28-16)19(27)22(18(13)26)17(25)12-5-2-1-3-6-12/h1-3,5-6,10,14-16,23-24H,4,7-9,11H2/t14-,15+,16+/m0/s1. The van der Waals surface area contributed by atoms with E-state index in [1.54, 1.807) is 18.2 Å². The van der Waals surface area contributed by atoms with Gasteiger partial charge in [-0.25, -0.2) is 4.79 Å². The lowest BCUT2D eigenvalue weighted by atomic mass is 10.1. The van der Waals surface area contributed by atoms with E-state index in [4.69, 9.17) is 4.74 Å². The van der Waals surface area contributed by atoms with E-state index >= 15 is 0 Å². The molecule has 3 atom stereocenters. The van der Waals surface area contributed by atoms with Crippen LogP contribution in [0.5, 0.6) is 0 Å². The largest absolute Gasteiger partial charge is 0.394 e. The van der Waals surface area contributed by atoms with Crippen molar-refractivity contribution in [1.82, 2.24) is 9.13 Å². The molecule has 0 bridgehead atoms. The topological polar surface area (TPSA) is 111 Å². The summed E-state index contributed by atoms with van der Waals surface area (Å²) in [7, 11) is 0. The maximum absolute atomic E-state index is 12.9. The van der Waals surface area contributed by atoms with Gasteiger partial charge in [0, 0.05) is 23.7 Å². The number of benzene rings is 1. The minimum absolute atomic E-state index is 0.00537. The van der Waals surface area contributed by atoms with Gasteiger partial charge < -0.3 is 14.9 Å². The molecular formula is C19H21FN2O6. The van der Waals surface area contributed by atoms with Crippen LogP contribution in [0, 0.1) is 0 Å². The van der Waals surface area contributed by atoms with Crippen molar-refractivity contribution in [2.75, 3.05) is 13.3 Å². The summed E-state index contributed by atoms with van der Waals surface area (Å²) < 4.78 is 19.7. The first kappa shape index (κ1) is 20.1. The van der Waals surface area contributed by atoms with Crippen LogP contribution in [0.2, 0.25) is 0 Å². The van der Waals surface area contributed by atoms with Gasteiger partial charge in [-0.2, -0.15) is 4.57 Å².